The lowest BCUT2D eigenvalue weighted by Crippen LogP contribution is -2.31. The van der Waals surface area contributed by atoms with Crippen molar-refractivity contribution in [1.82, 2.24) is 9.97 Å². The Morgan fingerprint density at radius 3 is 2.64 bits per heavy atom. The number of anilines is 1. The molecule has 3 aromatic rings. The van der Waals surface area contributed by atoms with Crippen LogP contribution in [0.25, 0.3) is 10.2 Å². The van der Waals surface area contributed by atoms with Gasteiger partial charge in [-0.3, -0.25) is 4.79 Å². The van der Waals surface area contributed by atoms with Gasteiger partial charge in [0.1, 0.15) is 10.5 Å². The zero-order valence-corrected chi connectivity index (χ0v) is 13.8. The molecule has 0 fully saturated rings. The molecule has 0 aliphatic rings. The Morgan fingerprint density at radius 2 is 1.95 bits per heavy atom. The molecule has 0 amide bonds. The van der Waals surface area contributed by atoms with Crippen LogP contribution in [0.3, 0.4) is 0 Å². The number of nitrogens with one attached hydrogen (secondary N) is 1. The smallest absolute Gasteiger partial charge is 0.268 e. The van der Waals surface area contributed by atoms with E-state index in [1.165, 1.54) is 16.9 Å². The van der Waals surface area contributed by atoms with Crippen molar-refractivity contribution in [3.63, 3.8) is 0 Å². The molecule has 3 rings (SSSR count). The van der Waals surface area contributed by atoms with Gasteiger partial charge < -0.3 is 9.88 Å². The molecule has 114 valence electrons. The summed E-state index contributed by atoms with van der Waals surface area (Å²) in [5.74, 6) is 0.699. The topological polar surface area (TPSA) is 49.0 Å². The molecule has 2 heterocycles. The minimum atomic E-state index is -0.0531. The van der Waals surface area contributed by atoms with Crippen molar-refractivity contribution in [2.24, 2.45) is 0 Å². The Labute approximate surface area is 133 Å². The summed E-state index contributed by atoms with van der Waals surface area (Å²) in [4.78, 5) is 21.8. The van der Waals surface area contributed by atoms with E-state index in [4.69, 9.17) is 0 Å². The quantitative estimate of drug-likeness (QED) is 0.799. The van der Waals surface area contributed by atoms with Crippen molar-refractivity contribution in [3.8, 4) is 0 Å². The first-order chi connectivity index (χ1) is 10.5. The number of hydrogen-bond acceptors (Lipinski definition) is 4. The van der Waals surface area contributed by atoms with Gasteiger partial charge in [-0.1, -0.05) is 17.7 Å². The van der Waals surface area contributed by atoms with Crippen LogP contribution in [-0.2, 0) is 6.54 Å². The molecule has 1 aromatic carbocycles. The molecular weight excluding hydrogens is 294 g/mol. The number of aryl methyl sites for hydroxylation is 1. The van der Waals surface area contributed by atoms with Crippen LogP contribution in [0.1, 0.15) is 25.2 Å². The van der Waals surface area contributed by atoms with E-state index < -0.39 is 0 Å². The number of nitrogens with zero attached hydrogens (tertiary/aromatic N) is 2. The number of aromatic nitrogens is 2. The van der Waals surface area contributed by atoms with E-state index in [2.05, 4.69) is 59.9 Å². The minimum absolute atomic E-state index is 0.0531. The van der Waals surface area contributed by atoms with E-state index >= 15 is 0 Å². The second kappa shape index (κ2) is 5.93. The van der Waals surface area contributed by atoms with Gasteiger partial charge in [0.2, 0.25) is 0 Å². The molecule has 1 N–H and O–H groups in total. The van der Waals surface area contributed by atoms with Gasteiger partial charge in [0.25, 0.3) is 5.56 Å². The summed E-state index contributed by atoms with van der Waals surface area (Å²) in [5, 5.41) is 1.90. The van der Waals surface area contributed by atoms with Crippen LogP contribution in [-0.4, -0.2) is 16.0 Å². The van der Waals surface area contributed by atoms with Crippen molar-refractivity contribution in [1.29, 1.82) is 0 Å². The summed E-state index contributed by atoms with van der Waals surface area (Å²) in [6.07, 6.45) is 0. The molecule has 2 aromatic heterocycles. The Bertz CT molecular complexity index is 833. The highest BCUT2D eigenvalue weighted by Crippen LogP contribution is 2.20. The molecule has 22 heavy (non-hydrogen) atoms. The number of thiophene rings is 1. The summed E-state index contributed by atoms with van der Waals surface area (Å²) in [5.41, 5.74) is 3.09. The van der Waals surface area contributed by atoms with Gasteiger partial charge >= 0.3 is 0 Å². The number of benzene rings is 1. The zero-order valence-electron chi connectivity index (χ0n) is 13.0. The molecule has 4 nitrogen and oxygen atoms in total. The lowest BCUT2D eigenvalue weighted by atomic mass is 10.2. The van der Waals surface area contributed by atoms with E-state index in [0.29, 0.717) is 23.1 Å². The summed E-state index contributed by atoms with van der Waals surface area (Å²) in [6.45, 7) is 6.94. The van der Waals surface area contributed by atoms with Gasteiger partial charge in [-0.05, 0) is 44.4 Å². The molecule has 0 radical (unpaired) electrons. The van der Waals surface area contributed by atoms with Crippen molar-refractivity contribution in [2.45, 2.75) is 33.4 Å². The maximum absolute atomic E-state index is 12.1. The molecule has 0 bridgehead atoms. The van der Waals surface area contributed by atoms with Crippen molar-refractivity contribution < 1.29 is 0 Å². The average Bonchev–Trinajstić information content (AvgIpc) is 2.94. The van der Waals surface area contributed by atoms with Crippen LogP contribution in [0.5, 0.6) is 0 Å². The van der Waals surface area contributed by atoms with Gasteiger partial charge in [0, 0.05) is 11.7 Å². The van der Waals surface area contributed by atoms with Crippen molar-refractivity contribution in [2.75, 3.05) is 4.90 Å². The number of rotatable bonds is 4. The third kappa shape index (κ3) is 2.90. The predicted octanol–water partition coefficient (Wildman–Crippen LogP) is 3.71. The summed E-state index contributed by atoms with van der Waals surface area (Å²) < 4.78 is 0.690. The van der Waals surface area contributed by atoms with Gasteiger partial charge in [-0.2, -0.15) is 0 Å². The second-order valence-electron chi connectivity index (χ2n) is 5.70. The highest BCUT2D eigenvalue weighted by Gasteiger charge is 2.14. The molecule has 0 saturated carbocycles. The van der Waals surface area contributed by atoms with Gasteiger partial charge in [0.05, 0.1) is 12.1 Å². The van der Waals surface area contributed by atoms with E-state index in [-0.39, 0.29) is 5.56 Å². The maximum atomic E-state index is 12.1. The summed E-state index contributed by atoms with van der Waals surface area (Å²) in [6, 6.07) is 10.6. The summed E-state index contributed by atoms with van der Waals surface area (Å²) >= 11 is 1.43. The Morgan fingerprint density at radius 1 is 1.23 bits per heavy atom. The fraction of sp³-hybridized carbons (Fsp3) is 0.294. The normalized spacial score (nSPS) is 11.3. The van der Waals surface area contributed by atoms with Crippen molar-refractivity contribution in [3.05, 3.63) is 57.5 Å². The fourth-order valence-electron chi connectivity index (χ4n) is 2.47. The monoisotopic (exact) mass is 313 g/mol. The standard InChI is InChI=1S/C17H19N3OS/c1-11(2)20(13-6-4-12(3)5-7-13)10-15-18-14-8-9-22-16(14)17(21)19-15/h4-9,11H,10H2,1-3H3,(H,18,19,21). The molecule has 0 unspecified atom stereocenters. The average molecular weight is 313 g/mol. The highest BCUT2D eigenvalue weighted by atomic mass is 32.1. The lowest BCUT2D eigenvalue weighted by molar-refractivity contribution is 0.662. The first-order valence-electron chi connectivity index (χ1n) is 7.34. The van der Waals surface area contributed by atoms with E-state index in [1.807, 2.05) is 11.4 Å². The fourth-order valence-corrected chi connectivity index (χ4v) is 3.19. The molecule has 0 atom stereocenters. The van der Waals surface area contributed by atoms with Crippen LogP contribution in [0, 0.1) is 6.92 Å². The first-order valence-corrected chi connectivity index (χ1v) is 8.22. The maximum Gasteiger partial charge on any atom is 0.268 e. The largest absolute Gasteiger partial charge is 0.362 e. The van der Waals surface area contributed by atoms with E-state index in [0.717, 1.165) is 11.2 Å². The van der Waals surface area contributed by atoms with E-state index in [9.17, 15) is 4.79 Å². The Kier molecular flexibility index (Phi) is 3.98. The Hall–Kier alpha value is -2.14. The van der Waals surface area contributed by atoms with Gasteiger partial charge in [0.15, 0.2) is 0 Å². The molecule has 0 aliphatic carbocycles. The SMILES string of the molecule is Cc1ccc(N(Cc2nc3ccsc3c(=O)[nH]2)C(C)C)cc1. The Balaban J connectivity index is 1.95. The number of fused-ring (bicyclic) bond motifs is 1. The van der Waals surface area contributed by atoms with Crippen LogP contribution >= 0.6 is 11.3 Å². The van der Waals surface area contributed by atoms with Gasteiger partial charge in [-0.15, -0.1) is 11.3 Å². The molecule has 5 heteroatoms. The van der Waals surface area contributed by atoms with Crippen LogP contribution in [0.2, 0.25) is 0 Å². The third-order valence-electron chi connectivity index (χ3n) is 3.67. The molecular formula is C17H19N3OS. The summed E-state index contributed by atoms with van der Waals surface area (Å²) in [7, 11) is 0. The van der Waals surface area contributed by atoms with Crippen LogP contribution in [0.15, 0.2) is 40.5 Å². The first kappa shape index (κ1) is 14.8. The van der Waals surface area contributed by atoms with Crippen molar-refractivity contribution >= 4 is 27.2 Å². The molecule has 0 aliphatic heterocycles. The van der Waals surface area contributed by atoms with Crippen LogP contribution in [0.4, 0.5) is 5.69 Å². The minimum Gasteiger partial charge on any atom is -0.362 e. The van der Waals surface area contributed by atoms with Crippen LogP contribution < -0.4 is 10.5 Å². The highest BCUT2D eigenvalue weighted by molar-refractivity contribution is 7.17. The second-order valence-corrected chi connectivity index (χ2v) is 6.62. The van der Waals surface area contributed by atoms with Gasteiger partial charge in [-0.25, -0.2) is 4.98 Å². The lowest BCUT2D eigenvalue weighted by Gasteiger charge is -2.28. The zero-order chi connectivity index (χ0) is 15.7. The molecule has 0 saturated heterocycles. The predicted molar refractivity (Wildman–Crippen MR) is 92.7 cm³/mol. The third-order valence-corrected chi connectivity index (χ3v) is 4.58. The number of hydrogen-bond donors (Lipinski definition) is 1. The number of H-pyrrole nitrogens is 1. The molecule has 0 spiro atoms. The number of aromatic amines is 1. The van der Waals surface area contributed by atoms with E-state index in [1.54, 1.807) is 0 Å².